The van der Waals surface area contributed by atoms with Gasteiger partial charge in [0.25, 0.3) is 0 Å². The zero-order valence-corrected chi connectivity index (χ0v) is 11.6. The van der Waals surface area contributed by atoms with Gasteiger partial charge in [0, 0.05) is 12.7 Å². The summed E-state index contributed by atoms with van der Waals surface area (Å²) < 4.78 is 5.90. The smallest absolute Gasteiger partial charge is 0.406 e. The van der Waals surface area contributed by atoms with Gasteiger partial charge >= 0.3 is 11.8 Å². The van der Waals surface area contributed by atoms with Crippen molar-refractivity contribution in [1.29, 1.82) is 0 Å². The van der Waals surface area contributed by atoms with E-state index in [2.05, 4.69) is 17.2 Å². The van der Waals surface area contributed by atoms with Gasteiger partial charge in [-0.25, -0.2) is 14.6 Å². The first-order valence-electron chi connectivity index (χ1n) is 6.99. The maximum absolute atomic E-state index is 12.0. The Morgan fingerprint density at radius 2 is 2.15 bits per heavy atom. The monoisotopic (exact) mass is 277 g/mol. The van der Waals surface area contributed by atoms with E-state index in [-0.39, 0.29) is 5.65 Å². The molecule has 0 aliphatic rings. The summed E-state index contributed by atoms with van der Waals surface area (Å²) in [5, 5.41) is 2.72. The van der Waals surface area contributed by atoms with Gasteiger partial charge in [-0.1, -0.05) is 32.6 Å². The van der Waals surface area contributed by atoms with Crippen molar-refractivity contribution in [3.05, 3.63) is 28.9 Å². The van der Waals surface area contributed by atoms with Gasteiger partial charge in [-0.3, -0.25) is 0 Å². The van der Waals surface area contributed by atoms with E-state index in [9.17, 15) is 9.59 Å². The van der Waals surface area contributed by atoms with E-state index in [1.165, 1.54) is 25.5 Å². The number of unbranched alkanes of at least 4 members (excludes halogenated alkanes) is 4. The largest absolute Gasteiger partial charge is 0.429 e. The fourth-order valence-corrected chi connectivity index (χ4v) is 2.04. The molecule has 0 aromatic carbocycles. The number of hydrogen-bond acceptors (Lipinski definition) is 4. The highest BCUT2D eigenvalue weighted by Crippen LogP contribution is 2.08. The zero-order chi connectivity index (χ0) is 14.4. The van der Waals surface area contributed by atoms with Crippen molar-refractivity contribution in [2.24, 2.45) is 0 Å². The van der Waals surface area contributed by atoms with Crippen molar-refractivity contribution in [2.45, 2.75) is 39.0 Å². The molecule has 0 fully saturated rings. The van der Waals surface area contributed by atoms with E-state index in [0.29, 0.717) is 12.1 Å². The van der Waals surface area contributed by atoms with E-state index < -0.39 is 11.8 Å². The molecule has 2 aromatic heterocycles. The lowest BCUT2D eigenvalue weighted by Gasteiger charge is -2.04. The number of nitrogens with one attached hydrogen (secondary N) is 1. The number of fused-ring (bicyclic) bond motifs is 1. The molecule has 1 N–H and O–H groups in total. The van der Waals surface area contributed by atoms with Crippen LogP contribution < -0.4 is 11.1 Å². The van der Waals surface area contributed by atoms with Gasteiger partial charge in [0.15, 0.2) is 11.2 Å². The molecule has 2 aromatic rings. The molecule has 0 saturated heterocycles. The second-order valence-corrected chi connectivity index (χ2v) is 4.67. The van der Waals surface area contributed by atoms with Crippen LogP contribution in [-0.4, -0.2) is 22.1 Å². The minimum absolute atomic E-state index is 0.251. The summed E-state index contributed by atoms with van der Waals surface area (Å²) in [7, 11) is 0. The highest BCUT2D eigenvalue weighted by molar-refractivity contribution is 5.85. The number of nitrogens with zero attached hydrogens (tertiary/aromatic N) is 2. The number of aromatic nitrogens is 2. The van der Waals surface area contributed by atoms with Gasteiger partial charge in [-0.15, -0.1) is 0 Å². The number of oxazole rings is 1. The summed E-state index contributed by atoms with van der Waals surface area (Å²) in [5.41, 5.74) is 0.566. The average Bonchev–Trinajstić information content (AvgIpc) is 2.78. The first-order chi connectivity index (χ1) is 9.74. The maximum Gasteiger partial charge on any atom is 0.429 e. The number of hydrogen-bond donors (Lipinski definition) is 1. The molecule has 0 bridgehead atoms. The van der Waals surface area contributed by atoms with Crippen LogP contribution in [0.5, 0.6) is 0 Å². The van der Waals surface area contributed by atoms with Crippen LogP contribution in [0.25, 0.3) is 11.2 Å². The Labute approximate surface area is 116 Å². The molecular formula is C14H19N3O3. The Morgan fingerprint density at radius 3 is 2.95 bits per heavy atom. The van der Waals surface area contributed by atoms with E-state index in [4.69, 9.17) is 4.42 Å². The molecule has 0 atom stereocenters. The van der Waals surface area contributed by atoms with Crippen LogP contribution in [0, 0.1) is 0 Å². The summed E-state index contributed by atoms with van der Waals surface area (Å²) in [5.74, 6) is -0.706. The molecule has 6 heteroatoms. The Bertz CT molecular complexity index is 630. The van der Waals surface area contributed by atoms with E-state index in [1.807, 2.05) is 0 Å². The van der Waals surface area contributed by atoms with Crippen LogP contribution in [0.2, 0.25) is 0 Å². The summed E-state index contributed by atoms with van der Waals surface area (Å²) in [6.45, 7) is 2.71. The summed E-state index contributed by atoms with van der Waals surface area (Å²) in [6, 6.07) is 2.78. The Morgan fingerprint density at radius 1 is 1.35 bits per heavy atom. The lowest BCUT2D eigenvalue weighted by atomic mass is 10.1. The molecular weight excluding hydrogens is 258 g/mol. The molecule has 108 valence electrons. The minimum atomic E-state index is -0.706. The topological polar surface area (TPSA) is 77.1 Å². The number of rotatable bonds is 6. The summed E-state index contributed by atoms with van der Waals surface area (Å²) in [4.78, 5) is 27.6. The maximum atomic E-state index is 12.0. The van der Waals surface area contributed by atoms with Crippen LogP contribution in [-0.2, 0) is 0 Å². The second-order valence-electron chi connectivity index (χ2n) is 4.67. The third-order valence-corrected chi connectivity index (χ3v) is 3.10. The van der Waals surface area contributed by atoms with Crippen molar-refractivity contribution in [1.82, 2.24) is 14.9 Å². The predicted octanol–water partition coefficient (Wildman–Crippen LogP) is 2.52. The van der Waals surface area contributed by atoms with Crippen molar-refractivity contribution < 1.29 is 9.21 Å². The average molecular weight is 277 g/mol. The molecule has 1 amide bonds. The second kappa shape index (κ2) is 6.88. The van der Waals surface area contributed by atoms with E-state index >= 15 is 0 Å². The third-order valence-electron chi connectivity index (χ3n) is 3.10. The summed E-state index contributed by atoms with van der Waals surface area (Å²) in [6.07, 6.45) is 7.07. The van der Waals surface area contributed by atoms with Gasteiger partial charge in [0.05, 0.1) is 0 Å². The standard InChI is InChI=1S/C14H19N3O3/c1-2-3-4-5-6-9-16-13(18)17-12-11(20-14(17)19)8-7-10-15-12/h7-8,10H,2-6,9H2,1H3,(H,16,18). The quantitative estimate of drug-likeness (QED) is 0.823. The first kappa shape index (κ1) is 14.3. The number of carbonyl (C=O) groups excluding carboxylic acids is 1. The normalized spacial score (nSPS) is 10.8. The molecule has 0 aliphatic carbocycles. The lowest BCUT2D eigenvalue weighted by molar-refractivity contribution is 0.241. The lowest BCUT2D eigenvalue weighted by Crippen LogP contribution is -2.34. The molecule has 0 unspecified atom stereocenters. The number of carbonyl (C=O) groups is 1. The predicted molar refractivity (Wildman–Crippen MR) is 75.8 cm³/mol. The van der Waals surface area contributed by atoms with Crippen LogP contribution in [0.1, 0.15) is 39.0 Å². The third kappa shape index (κ3) is 3.26. The molecule has 2 heterocycles. The molecule has 0 spiro atoms. The minimum Gasteiger partial charge on any atom is -0.406 e. The zero-order valence-electron chi connectivity index (χ0n) is 11.6. The Kier molecular flexibility index (Phi) is 4.92. The molecule has 2 rings (SSSR count). The van der Waals surface area contributed by atoms with E-state index in [0.717, 1.165) is 17.4 Å². The summed E-state index contributed by atoms with van der Waals surface area (Å²) >= 11 is 0. The number of pyridine rings is 1. The number of amides is 1. The fraction of sp³-hybridized carbons (Fsp3) is 0.500. The molecule has 0 radical (unpaired) electrons. The van der Waals surface area contributed by atoms with Crippen molar-refractivity contribution in [3.63, 3.8) is 0 Å². The van der Waals surface area contributed by atoms with E-state index in [1.54, 1.807) is 12.1 Å². The molecule has 0 saturated carbocycles. The first-order valence-corrected chi connectivity index (χ1v) is 6.99. The molecule has 6 nitrogen and oxygen atoms in total. The van der Waals surface area contributed by atoms with Gasteiger partial charge in [0.1, 0.15) is 0 Å². The van der Waals surface area contributed by atoms with Gasteiger partial charge in [-0.05, 0) is 18.6 Å². The Balaban J connectivity index is 1.94. The van der Waals surface area contributed by atoms with Crippen LogP contribution in [0.4, 0.5) is 4.79 Å². The highest BCUT2D eigenvalue weighted by Gasteiger charge is 2.15. The van der Waals surface area contributed by atoms with Gasteiger partial charge in [-0.2, -0.15) is 4.57 Å². The van der Waals surface area contributed by atoms with Crippen molar-refractivity contribution in [2.75, 3.05) is 6.54 Å². The SMILES string of the molecule is CCCCCCCNC(=O)n1c(=O)oc2cccnc21. The fourth-order valence-electron chi connectivity index (χ4n) is 2.04. The van der Waals surface area contributed by atoms with Gasteiger partial charge < -0.3 is 9.73 Å². The van der Waals surface area contributed by atoms with Crippen LogP contribution in [0.15, 0.2) is 27.5 Å². The molecule has 0 aliphatic heterocycles. The van der Waals surface area contributed by atoms with Crippen molar-refractivity contribution in [3.8, 4) is 0 Å². The van der Waals surface area contributed by atoms with Crippen LogP contribution in [0.3, 0.4) is 0 Å². The van der Waals surface area contributed by atoms with Gasteiger partial charge in [0.2, 0.25) is 0 Å². The highest BCUT2D eigenvalue weighted by atomic mass is 16.4. The van der Waals surface area contributed by atoms with Crippen LogP contribution >= 0.6 is 0 Å². The van der Waals surface area contributed by atoms with Crippen molar-refractivity contribution >= 4 is 17.3 Å². The molecule has 20 heavy (non-hydrogen) atoms. The Hall–Kier alpha value is -2.11.